The Labute approximate surface area is 135 Å². The van der Waals surface area contributed by atoms with E-state index in [4.69, 9.17) is 5.84 Å². The summed E-state index contributed by atoms with van der Waals surface area (Å²) in [6, 6.07) is 15.3. The van der Waals surface area contributed by atoms with E-state index >= 15 is 0 Å². The number of benzene rings is 2. The highest BCUT2D eigenvalue weighted by molar-refractivity contribution is 9.10. The van der Waals surface area contributed by atoms with E-state index in [-0.39, 0.29) is 6.04 Å². The fraction of sp³-hybridized carbons (Fsp3) is 0.333. The Balaban J connectivity index is 2.18. The number of aryl methyl sites for hydroxylation is 1. The van der Waals surface area contributed by atoms with Crippen LogP contribution in [-0.2, 0) is 6.42 Å². The summed E-state index contributed by atoms with van der Waals surface area (Å²) < 4.78 is 1.10. The Morgan fingerprint density at radius 2 is 1.76 bits per heavy atom. The second-order valence-corrected chi connectivity index (χ2v) is 6.74. The summed E-state index contributed by atoms with van der Waals surface area (Å²) >= 11 is 3.50. The molecule has 0 aromatic heterocycles. The molecular formula is C18H23BrN2. The lowest BCUT2D eigenvalue weighted by Crippen LogP contribution is -2.30. The lowest BCUT2D eigenvalue weighted by atomic mass is 9.94. The number of nitrogens with one attached hydrogen (secondary N) is 1. The van der Waals surface area contributed by atoms with Gasteiger partial charge >= 0.3 is 0 Å². The highest BCUT2D eigenvalue weighted by atomic mass is 79.9. The van der Waals surface area contributed by atoms with E-state index in [1.165, 1.54) is 22.3 Å². The third kappa shape index (κ3) is 4.16. The first-order chi connectivity index (χ1) is 10.0. The number of hydrogen-bond donors (Lipinski definition) is 2. The summed E-state index contributed by atoms with van der Waals surface area (Å²) in [4.78, 5) is 0. The van der Waals surface area contributed by atoms with E-state index in [0.717, 1.165) is 10.9 Å². The Morgan fingerprint density at radius 1 is 1.10 bits per heavy atom. The molecule has 0 amide bonds. The molecule has 2 rings (SSSR count). The van der Waals surface area contributed by atoms with Crippen molar-refractivity contribution in [3.8, 4) is 0 Å². The van der Waals surface area contributed by atoms with Crippen molar-refractivity contribution in [1.82, 2.24) is 5.43 Å². The van der Waals surface area contributed by atoms with Gasteiger partial charge < -0.3 is 0 Å². The summed E-state index contributed by atoms with van der Waals surface area (Å²) in [5.74, 6) is 6.34. The Hall–Kier alpha value is -1.16. The lowest BCUT2D eigenvalue weighted by molar-refractivity contribution is 0.549. The number of hydrogen-bond acceptors (Lipinski definition) is 2. The molecule has 0 aliphatic heterocycles. The summed E-state index contributed by atoms with van der Waals surface area (Å²) in [7, 11) is 0. The zero-order valence-electron chi connectivity index (χ0n) is 12.9. The predicted molar refractivity (Wildman–Crippen MR) is 93.2 cm³/mol. The zero-order chi connectivity index (χ0) is 15.4. The molecule has 1 unspecified atom stereocenters. The molecule has 1 atom stereocenters. The molecule has 21 heavy (non-hydrogen) atoms. The largest absolute Gasteiger partial charge is 0.271 e. The van der Waals surface area contributed by atoms with Gasteiger partial charge in [0.25, 0.3) is 0 Å². The number of hydrazine groups is 1. The summed E-state index contributed by atoms with van der Waals surface area (Å²) in [5.41, 5.74) is 8.10. The first-order valence-corrected chi connectivity index (χ1v) is 8.11. The summed E-state index contributed by atoms with van der Waals surface area (Å²) in [5, 5.41) is 0. The van der Waals surface area contributed by atoms with Crippen molar-refractivity contribution < 1.29 is 0 Å². The predicted octanol–water partition coefficient (Wildman–Crippen LogP) is 4.63. The third-order valence-electron chi connectivity index (χ3n) is 3.89. The van der Waals surface area contributed by atoms with E-state index < -0.39 is 0 Å². The van der Waals surface area contributed by atoms with Gasteiger partial charge in [0, 0.05) is 4.47 Å². The standard InChI is InChI=1S/C18H23BrN2/c1-12(2)15-6-4-14(5-7-15)11-18(21-20)17-9-8-16(19)10-13(17)3/h4-10,12,18,21H,11,20H2,1-3H3. The molecule has 0 spiro atoms. The minimum atomic E-state index is 0.128. The smallest absolute Gasteiger partial charge is 0.0502 e. The average molecular weight is 347 g/mol. The molecule has 0 bridgehead atoms. The Bertz CT molecular complexity index is 591. The second kappa shape index (κ2) is 7.21. The van der Waals surface area contributed by atoms with Crippen molar-refractivity contribution in [3.05, 3.63) is 69.2 Å². The van der Waals surface area contributed by atoms with Gasteiger partial charge in [-0.1, -0.05) is 60.1 Å². The Kier molecular flexibility index (Phi) is 5.57. The van der Waals surface area contributed by atoms with Crippen LogP contribution < -0.4 is 11.3 Å². The van der Waals surface area contributed by atoms with Gasteiger partial charge in [-0.2, -0.15) is 0 Å². The number of nitrogens with two attached hydrogens (primary N) is 1. The van der Waals surface area contributed by atoms with Crippen LogP contribution in [0.3, 0.4) is 0 Å². The molecule has 0 heterocycles. The SMILES string of the molecule is Cc1cc(Br)ccc1C(Cc1ccc(C(C)C)cc1)NN. The topological polar surface area (TPSA) is 38.0 Å². The molecular weight excluding hydrogens is 324 g/mol. The van der Waals surface area contributed by atoms with Gasteiger partial charge in [0.05, 0.1) is 6.04 Å². The monoisotopic (exact) mass is 346 g/mol. The first kappa shape index (κ1) is 16.2. The van der Waals surface area contributed by atoms with E-state index in [9.17, 15) is 0 Å². The highest BCUT2D eigenvalue weighted by Crippen LogP contribution is 2.25. The molecule has 0 radical (unpaired) electrons. The van der Waals surface area contributed by atoms with Crippen LogP contribution in [0.1, 0.15) is 48.1 Å². The molecule has 2 aromatic rings. The van der Waals surface area contributed by atoms with Crippen LogP contribution in [0.5, 0.6) is 0 Å². The molecule has 0 saturated heterocycles. The molecule has 3 N–H and O–H groups in total. The number of halogens is 1. The van der Waals surface area contributed by atoms with Crippen molar-refractivity contribution in [2.24, 2.45) is 5.84 Å². The van der Waals surface area contributed by atoms with Crippen LogP contribution >= 0.6 is 15.9 Å². The normalized spacial score (nSPS) is 12.7. The first-order valence-electron chi connectivity index (χ1n) is 7.32. The number of rotatable bonds is 5. The van der Waals surface area contributed by atoms with Crippen molar-refractivity contribution in [2.75, 3.05) is 0 Å². The van der Waals surface area contributed by atoms with E-state index in [2.05, 4.69) is 84.6 Å². The molecule has 2 nitrogen and oxygen atoms in total. The van der Waals surface area contributed by atoms with E-state index in [1.807, 2.05) is 0 Å². The van der Waals surface area contributed by atoms with E-state index in [0.29, 0.717) is 5.92 Å². The van der Waals surface area contributed by atoms with Gasteiger partial charge in [-0.05, 0) is 53.6 Å². The van der Waals surface area contributed by atoms with Gasteiger partial charge in [0.1, 0.15) is 0 Å². The third-order valence-corrected chi connectivity index (χ3v) is 4.39. The average Bonchev–Trinajstić information content (AvgIpc) is 2.46. The second-order valence-electron chi connectivity index (χ2n) is 5.82. The van der Waals surface area contributed by atoms with Crippen LogP contribution in [-0.4, -0.2) is 0 Å². The maximum Gasteiger partial charge on any atom is 0.0502 e. The Morgan fingerprint density at radius 3 is 2.29 bits per heavy atom. The van der Waals surface area contributed by atoms with Crippen LogP contribution in [0.2, 0.25) is 0 Å². The zero-order valence-corrected chi connectivity index (χ0v) is 14.4. The van der Waals surface area contributed by atoms with Gasteiger partial charge in [-0.25, -0.2) is 0 Å². The van der Waals surface area contributed by atoms with Gasteiger partial charge in [-0.15, -0.1) is 0 Å². The molecule has 0 aliphatic rings. The highest BCUT2D eigenvalue weighted by Gasteiger charge is 2.13. The van der Waals surface area contributed by atoms with Crippen molar-refractivity contribution in [2.45, 2.75) is 39.2 Å². The molecule has 112 valence electrons. The van der Waals surface area contributed by atoms with Gasteiger partial charge in [0.2, 0.25) is 0 Å². The minimum absolute atomic E-state index is 0.128. The van der Waals surface area contributed by atoms with Crippen molar-refractivity contribution in [3.63, 3.8) is 0 Å². The van der Waals surface area contributed by atoms with Crippen LogP contribution in [0.4, 0.5) is 0 Å². The summed E-state index contributed by atoms with van der Waals surface area (Å²) in [6.07, 6.45) is 0.886. The molecule has 0 aliphatic carbocycles. The summed E-state index contributed by atoms with van der Waals surface area (Å²) in [6.45, 7) is 6.54. The molecule has 0 saturated carbocycles. The minimum Gasteiger partial charge on any atom is -0.271 e. The van der Waals surface area contributed by atoms with Crippen molar-refractivity contribution in [1.29, 1.82) is 0 Å². The molecule has 0 fully saturated rings. The quantitative estimate of drug-likeness (QED) is 0.611. The molecule has 2 aromatic carbocycles. The lowest BCUT2D eigenvalue weighted by Gasteiger charge is -2.19. The van der Waals surface area contributed by atoms with Crippen LogP contribution in [0.15, 0.2) is 46.9 Å². The molecule has 3 heteroatoms. The van der Waals surface area contributed by atoms with Gasteiger partial charge in [-0.3, -0.25) is 11.3 Å². The van der Waals surface area contributed by atoms with Crippen LogP contribution in [0.25, 0.3) is 0 Å². The fourth-order valence-electron chi connectivity index (χ4n) is 2.56. The van der Waals surface area contributed by atoms with E-state index in [1.54, 1.807) is 0 Å². The fourth-order valence-corrected chi connectivity index (χ4v) is 3.04. The maximum atomic E-state index is 5.78. The maximum absolute atomic E-state index is 5.78. The van der Waals surface area contributed by atoms with Gasteiger partial charge in [0.15, 0.2) is 0 Å². The van der Waals surface area contributed by atoms with Crippen LogP contribution in [0, 0.1) is 6.92 Å². The van der Waals surface area contributed by atoms with Crippen molar-refractivity contribution >= 4 is 15.9 Å².